The summed E-state index contributed by atoms with van der Waals surface area (Å²) < 4.78 is 16.8. The lowest BCUT2D eigenvalue weighted by atomic mass is 10.0. The van der Waals surface area contributed by atoms with Crippen molar-refractivity contribution in [2.75, 3.05) is 13.2 Å². The average molecular weight is 895 g/mol. The normalized spacial score (nSPS) is 12.5. The predicted octanol–water partition coefficient (Wildman–Crippen LogP) is 18.0. The molecule has 6 heteroatoms. The van der Waals surface area contributed by atoms with Crippen LogP contribution in [0.1, 0.15) is 271 Å². The molecule has 0 N–H and O–H groups in total. The SMILES string of the molecule is CC/C=C\C/C=C\C/C=C\C/C=C\C/C=C\CCC(=O)OC(COC(=O)CCCCCCCCCCCCCCC)COC(=O)CCCCCCCCCCCCCCCCCCC. The van der Waals surface area contributed by atoms with Crippen LogP contribution >= 0.6 is 0 Å². The molecule has 0 radical (unpaired) electrons. The zero-order valence-electron chi connectivity index (χ0n) is 42.3. The van der Waals surface area contributed by atoms with Gasteiger partial charge >= 0.3 is 17.9 Å². The molecule has 0 aromatic rings. The van der Waals surface area contributed by atoms with Crippen LogP contribution in [0.5, 0.6) is 0 Å². The minimum Gasteiger partial charge on any atom is -0.462 e. The molecule has 1 atom stereocenters. The van der Waals surface area contributed by atoms with E-state index in [1.807, 2.05) is 6.08 Å². The summed E-state index contributed by atoms with van der Waals surface area (Å²) in [5, 5.41) is 0. The maximum absolute atomic E-state index is 12.8. The smallest absolute Gasteiger partial charge is 0.306 e. The maximum atomic E-state index is 12.8. The Hall–Kier alpha value is -2.89. The van der Waals surface area contributed by atoms with Crippen molar-refractivity contribution in [2.45, 2.75) is 277 Å². The minimum absolute atomic E-state index is 0.1000. The summed E-state index contributed by atoms with van der Waals surface area (Å²) in [6.07, 6.45) is 65.1. The van der Waals surface area contributed by atoms with E-state index in [1.165, 1.54) is 154 Å². The second kappa shape index (κ2) is 52.7. The van der Waals surface area contributed by atoms with Crippen molar-refractivity contribution in [1.29, 1.82) is 0 Å². The van der Waals surface area contributed by atoms with E-state index in [9.17, 15) is 14.4 Å². The summed E-state index contributed by atoms with van der Waals surface area (Å²) in [4.78, 5) is 38.0. The Bertz CT molecular complexity index is 1170. The number of hydrogen-bond donors (Lipinski definition) is 0. The van der Waals surface area contributed by atoms with Crippen LogP contribution in [-0.2, 0) is 28.6 Å². The average Bonchev–Trinajstić information content (AvgIpc) is 3.29. The van der Waals surface area contributed by atoms with Crippen LogP contribution in [0.2, 0.25) is 0 Å². The van der Waals surface area contributed by atoms with Gasteiger partial charge in [0.1, 0.15) is 13.2 Å². The molecule has 64 heavy (non-hydrogen) atoms. The molecule has 0 fully saturated rings. The zero-order valence-corrected chi connectivity index (χ0v) is 42.3. The van der Waals surface area contributed by atoms with Crippen LogP contribution in [0.25, 0.3) is 0 Å². The van der Waals surface area contributed by atoms with Gasteiger partial charge in [0, 0.05) is 19.3 Å². The van der Waals surface area contributed by atoms with Crippen LogP contribution in [0, 0.1) is 0 Å². The zero-order chi connectivity index (χ0) is 46.5. The molecule has 0 aliphatic rings. The van der Waals surface area contributed by atoms with Crippen molar-refractivity contribution in [3.05, 3.63) is 60.8 Å². The predicted molar refractivity (Wildman–Crippen MR) is 275 cm³/mol. The third-order valence-electron chi connectivity index (χ3n) is 11.8. The summed E-state index contributed by atoms with van der Waals surface area (Å²) in [6.45, 7) is 6.49. The quantitative estimate of drug-likeness (QED) is 0.0262. The highest BCUT2D eigenvalue weighted by molar-refractivity contribution is 5.71. The fourth-order valence-corrected chi connectivity index (χ4v) is 7.73. The Kier molecular flexibility index (Phi) is 50.4. The Morgan fingerprint density at radius 2 is 0.609 bits per heavy atom. The second-order valence-electron chi connectivity index (χ2n) is 18.1. The molecule has 6 nitrogen and oxygen atoms in total. The number of ether oxygens (including phenoxy) is 3. The van der Waals surface area contributed by atoms with Crippen LogP contribution in [0.4, 0.5) is 0 Å². The monoisotopic (exact) mass is 895 g/mol. The lowest BCUT2D eigenvalue weighted by Crippen LogP contribution is -2.30. The van der Waals surface area contributed by atoms with E-state index in [1.54, 1.807) is 0 Å². The molecule has 0 aromatic heterocycles. The summed E-state index contributed by atoms with van der Waals surface area (Å²) in [5.74, 6) is -0.973. The molecule has 0 aliphatic heterocycles. The number of hydrogen-bond acceptors (Lipinski definition) is 6. The molecular formula is C58H102O6. The Labute approximate surface area is 396 Å². The Balaban J connectivity index is 4.44. The number of esters is 3. The third-order valence-corrected chi connectivity index (χ3v) is 11.8. The summed E-state index contributed by atoms with van der Waals surface area (Å²) in [7, 11) is 0. The molecule has 0 amide bonds. The van der Waals surface area contributed by atoms with Crippen molar-refractivity contribution in [3.8, 4) is 0 Å². The largest absolute Gasteiger partial charge is 0.462 e. The summed E-state index contributed by atoms with van der Waals surface area (Å²) in [6, 6.07) is 0. The molecule has 370 valence electrons. The van der Waals surface area contributed by atoms with Crippen molar-refractivity contribution < 1.29 is 28.6 Å². The van der Waals surface area contributed by atoms with Gasteiger partial charge in [0.25, 0.3) is 0 Å². The molecule has 0 spiro atoms. The van der Waals surface area contributed by atoms with Gasteiger partial charge in [0.15, 0.2) is 6.10 Å². The Morgan fingerprint density at radius 3 is 0.922 bits per heavy atom. The first-order chi connectivity index (χ1) is 31.5. The number of carbonyl (C=O) groups is 3. The lowest BCUT2D eigenvalue weighted by Gasteiger charge is -2.18. The first kappa shape index (κ1) is 61.1. The van der Waals surface area contributed by atoms with Gasteiger partial charge in [0.05, 0.1) is 0 Å². The van der Waals surface area contributed by atoms with E-state index < -0.39 is 6.10 Å². The topological polar surface area (TPSA) is 78.9 Å². The highest BCUT2D eigenvalue weighted by Gasteiger charge is 2.19. The molecule has 0 aromatic carbocycles. The number of carbonyl (C=O) groups excluding carboxylic acids is 3. The summed E-state index contributed by atoms with van der Waals surface area (Å²) >= 11 is 0. The van der Waals surface area contributed by atoms with Gasteiger partial charge in [-0.2, -0.15) is 0 Å². The van der Waals surface area contributed by atoms with E-state index in [-0.39, 0.29) is 37.5 Å². The molecule has 0 saturated heterocycles. The van der Waals surface area contributed by atoms with Crippen LogP contribution < -0.4 is 0 Å². The molecular weight excluding hydrogens is 793 g/mol. The van der Waals surface area contributed by atoms with E-state index in [2.05, 4.69) is 75.5 Å². The molecule has 0 rings (SSSR count). The molecule has 0 heterocycles. The van der Waals surface area contributed by atoms with Crippen LogP contribution in [-0.4, -0.2) is 37.2 Å². The van der Waals surface area contributed by atoms with E-state index >= 15 is 0 Å². The first-order valence-electron chi connectivity index (χ1n) is 27.3. The van der Waals surface area contributed by atoms with E-state index in [4.69, 9.17) is 14.2 Å². The van der Waals surface area contributed by atoms with Crippen LogP contribution in [0.15, 0.2) is 60.8 Å². The minimum atomic E-state index is -0.809. The number of unbranched alkanes of at least 4 members (excludes halogenated alkanes) is 28. The molecule has 0 aliphatic carbocycles. The van der Waals surface area contributed by atoms with Gasteiger partial charge in [-0.25, -0.2) is 0 Å². The fourth-order valence-electron chi connectivity index (χ4n) is 7.73. The first-order valence-corrected chi connectivity index (χ1v) is 27.3. The van der Waals surface area contributed by atoms with Gasteiger partial charge in [-0.3, -0.25) is 14.4 Å². The lowest BCUT2D eigenvalue weighted by molar-refractivity contribution is -0.166. The highest BCUT2D eigenvalue weighted by Crippen LogP contribution is 2.16. The van der Waals surface area contributed by atoms with Crippen LogP contribution in [0.3, 0.4) is 0 Å². The van der Waals surface area contributed by atoms with E-state index in [0.29, 0.717) is 19.3 Å². The van der Waals surface area contributed by atoms with Gasteiger partial charge in [-0.1, -0.05) is 261 Å². The van der Waals surface area contributed by atoms with Gasteiger partial charge in [0.2, 0.25) is 0 Å². The molecule has 0 bridgehead atoms. The van der Waals surface area contributed by atoms with E-state index in [0.717, 1.165) is 70.6 Å². The molecule has 0 saturated carbocycles. The maximum Gasteiger partial charge on any atom is 0.306 e. The van der Waals surface area contributed by atoms with Gasteiger partial charge in [-0.05, 0) is 51.4 Å². The van der Waals surface area contributed by atoms with Crippen molar-refractivity contribution >= 4 is 17.9 Å². The summed E-state index contributed by atoms with van der Waals surface area (Å²) in [5.41, 5.74) is 0. The van der Waals surface area contributed by atoms with Crippen molar-refractivity contribution in [2.24, 2.45) is 0 Å². The Morgan fingerprint density at radius 1 is 0.328 bits per heavy atom. The fraction of sp³-hybridized carbons (Fsp3) is 0.776. The van der Waals surface area contributed by atoms with Gasteiger partial charge in [-0.15, -0.1) is 0 Å². The number of allylic oxidation sites excluding steroid dienone is 10. The standard InChI is InChI=1S/C58H102O6/c1-4-7-10-13-16-19-22-25-27-29-31-33-36-39-42-45-48-51-57(60)63-54-55(53-62-56(59)50-47-44-41-38-35-32-24-21-18-15-12-9-6-3)64-58(61)52-49-46-43-40-37-34-30-28-26-23-20-17-14-11-8-5-2/h8,11,17,20,26,28,34,37,43,46,55H,4-7,9-10,12-16,18-19,21-25,27,29-33,35-36,38-42,44-45,47-54H2,1-3H3/b11-8-,20-17-,28-26-,37-34-,46-43-. The van der Waals surface area contributed by atoms with Crippen molar-refractivity contribution in [3.63, 3.8) is 0 Å². The van der Waals surface area contributed by atoms with Crippen molar-refractivity contribution in [1.82, 2.24) is 0 Å². The third kappa shape index (κ3) is 50.1. The number of rotatable bonds is 49. The highest BCUT2D eigenvalue weighted by atomic mass is 16.6. The molecule has 1 unspecified atom stereocenters. The second-order valence-corrected chi connectivity index (χ2v) is 18.1. The van der Waals surface area contributed by atoms with Gasteiger partial charge < -0.3 is 14.2 Å².